The van der Waals surface area contributed by atoms with Gasteiger partial charge in [0, 0.05) is 23.4 Å². The Kier molecular flexibility index (Phi) is 3.25. The average Bonchev–Trinajstić information content (AvgIpc) is 2.91. The first kappa shape index (κ1) is 13.4. The minimum atomic E-state index is -0.475. The van der Waals surface area contributed by atoms with Crippen LogP contribution in [0.3, 0.4) is 0 Å². The van der Waals surface area contributed by atoms with E-state index in [-0.39, 0.29) is 12.4 Å². The molecule has 0 spiro atoms. The van der Waals surface area contributed by atoms with Gasteiger partial charge in [0.2, 0.25) is 5.75 Å². The van der Waals surface area contributed by atoms with Crippen molar-refractivity contribution in [2.75, 3.05) is 13.2 Å². The van der Waals surface area contributed by atoms with E-state index in [2.05, 4.69) is 6.58 Å². The predicted octanol–water partition coefficient (Wildman–Crippen LogP) is 2.25. The second-order valence-electron chi connectivity index (χ2n) is 4.96. The summed E-state index contributed by atoms with van der Waals surface area (Å²) < 4.78 is 16.3. The fourth-order valence-corrected chi connectivity index (χ4v) is 2.22. The Morgan fingerprint density at radius 3 is 3.00 bits per heavy atom. The first-order chi connectivity index (χ1) is 10.1. The third-order valence-electron chi connectivity index (χ3n) is 3.34. The summed E-state index contributed by atoms with van der Waals surface area (Å²) in [6.07, 6.45) is 0.759. The van der Waals surface area contributed by atoms with Crippen molar-refractivity contribution in [2.24, 2.45) is 0 Å². The fraction of sp³-hybridized carbons (Fsp3) is 0.250. The molecule has 0 atom stereocenters. The highest BCUT2D eigenvalue weighted by molar-refractivity contribution is 5.96. The number of hydrogen-bond acceptors (Lipinski definition) is 5. The minimum absolute atomic E-state index is 0.164. The molecule has 0 bridgehead atoms. The van der Waals surface area contributed by atoms with Crippen LogP contribution in [-0.2, 0) is 11.2 Å². The van der Waals surface area contributed by atoms with Crippen LogP contribution in [0.1, 0.15) is 12.5 Å². The van der Waals surface area contributed by atoms with E-state index in [9.17, 15) is 9.59 Å². The van der Waals surface area contributed by atoms with Crippen LogP contribution in [0.2, 0.25) is 0 Å². The third kappa shape index (κ3) is 2.42. The molecule has 1 aliphatic heterocycles. The van der Waals surface area contributed by atoms with Crippen molar-refractivity contribution in [3.05, 3.63) is 46.3 Å². The zero-order valence-electron chi connectivity index (χ0n) is 11.6. The van der Waals surface area contributed by atoms with Crippen molar-refractivity contribution in [1.82, 2.24) is 0 Å². The summed E-state index contributed by atoms with van der Waals surface area (Å²) in [5.41, 5.74) is 1.22. The second-order valence-corrected chi connectivity index (χ2v) is 4.96. The van der Waals surface area contributed by atoms with Gasteiger partial charge in [0.05, 0.1) is 6.61 Å². The summed E-state index contributed by atoms with van der Waals surface area (Å²) in [5, 5.41) is 0.747. The van der Waals surface area contributed by atoms with Gasteiger partial charge in [-0.1, -0.05) is 6.58 Å². The highest BCUT2D eigenvalue weighted by Crippen LogP contribution is 2.41. The average molecular weight is 286 g/mol. The first-order valence-electron chi connectivity index (χ1n) is 6.60. The molecule has 0 radical (unpaired) electrons. The molecule has 0 amide bonds. The van der Waals surface area contributed by atoms with Crippen LogP contribution in [0.5, 0.6) is 11.5 Å². The van der Waals surface area contributed by atoms with Gasteiger partial charge in [-0.25, -0.2) is 4.79 Å². The van der Waals surface area contributed by atoms with Gasteiger partial charge in [0.1, 0.15) is 0 Å². The molecule has 1 aromatic carbocycles. The highest BCUT2D eigenvalue weighted by Gasteiger charge is 2.23. The number of ketones is 1. The second kappa shape index (κ2) is 5.09. The van der Waals surface area contributed by atoms with E-state index in [0.717, 1.165) is 17.4 Å². The van der Waals surface area contributed by atoms with Crippen LogP contribution in [-0.4, -0.2) is 19.0 Å². The molecule has 0 saturated carbocycles. The maximum absolute atomic E-state index is 11.7. The Balaban J connectivity index is 2.10. The number of ether oxygens (including phenoxy) is 2. The molecule has 1 aromatic heterocycles. The number of carbonyl (C=O) groups is 1. The molecular formula is C16H14O5. The normalized spacial score (nSPS) is 12.8. The molecule has 0 N–H and O–H groups in total. The summed E-state index contributed by atoms with van der Waals surface area (Å²) in [4.78, 5) is 23.1. The molecule has 0 fully saturated rings. The van der Waals surface area contributed by atoms with E-state index >= 15 is 0 Å². The van der Waals surface area contributed by atoms with E-state index in [4.69, 9.17) is 13.9 Å². The van der Waals surface area contributed by atoms with Crippen LogP contribution < -0.4 is 15.1 Å². The quantitative estimate of drug-likeness (QED) is 0.637. The van der Waals surface area contributed by atoms with Gasteiger partial charge in [-0.15, -0.1) is 0 Å². The maximum atomic E-state index is 11.7. The van der Waals surface area contributed by atoms with Crippen LogP contribution in [0.15, 0.2) is 39.6 Å². The fourth-order valence-electron chi connectivity index (χ4n) is 2.22. The van der Waals surface area contributed by atoms with Crippen molar-refractivity contribution in [3.8, 4) is 11.5 Å². The number of benzene rings is 1. The van der Waals surface area contributed by atoms with Crippen molar-refractivity contribution >= 4 is 16.8 Å². The zero-order chi connectivity index (χ0) is 15.0. The Bertz CT molecular complexity index is 800. The summed E-state index contributed by atoms with van der Waals surface area (Å²) >= 11 is 0. The van der Waals surface area contributed by atoms with Crippen LogP contribution >= 0.6 is 0 Å². The van der Waals surface area contributed by atoms with Crippen LogP contribution in [0.25, 0.3) is 11.0 Å². The van der Waals surface area contributed by atoms with Gasteiger partial charge in [0.15, 0.2) is 23.7 Å². The van der Waals surface area contributed by atoms with E-state index in [1.807, 2.05) is 6.07 Å². The first-order valence-corrected chi connectivity index (χ1v) is 6.60. The largest absolute Gasteiger partial charge is 0.489 e. The maximum Gasteiger partial charge on any atom is 0.336 e. The topological polar surface area (TPSA) is 65.7 Å². The lowest BCUT2D eigenvalue weighted by molar-refractivity contribution is -0.117. The molecule has 108 valence electrons. The monoisotopic (exact) mass is 286 g/mol. The lowest BCUT2D eigenvalue weighted by Gasteiger charge is -2.11. The van der Waals surface area contributed by atoms with Gasteiger partial charge in [0.25, 0.3) is 0 Å². The summed E-state index contributed by atoms with van der Waals surface area (Å²) in [6, 6.07) is 4.94. The molecular weight excluding hydrogens is 272 g/mol. The number of carbonyl (C=O) groups excluding carboxylic acids is 1. The molecule has 0 unspecified atom stereocenters. The lowest BCUT2D eigenvalue weighted by atomic mass is 10.1. The van der Waals surface area contributed by atoms with Gasteiger partial charge < -0.3 is 13.9 Å². The molecule has 2 aromatic rings. The standard InChI is InChI=1S/C16H14O5/c1-9(2)12(17)8-20-16-14-11(5-6-19-14)7-10-3-4-13(18)21-15(10)16/h3-4,7H,1,5-6,8H2,2H3. The highest BCUT2D eigenvalue weighted by atomic mass is 16.5. The van der Waals surface area contributed by atoms with Crippen LogP contribution in [0, 0.1) is 0 Å². The summed E-state index contributed by atoms with van der Waals surface area (Å²) in [6.45, 7) is 5.58. The zero-order valence-corrected chi connectivity index (χ0v) is 11.6. The van der Waals surface area contributed by atoms with Gasteiger partial charge in [-0.2, -0.15) is 0 Å². The van der Waals surface area contributed by atoms with E-state index < -0.39 is 5.63 Å². The number of hydrogen-bond donors (Lipinski definition) is 0. The van der Waals surface area contributed by atoms with Crippen molar-refractivity contribution < 1.29 is 18.7 Å². The van der Waals surface area contributed by atoms with E-state index in [1.165, 1.54) is 6.07 Å². The van der Waals surface area contributed by atoms with Gasteiger partial charge in [-0.3, -0.25) is 4.79 Å². The number of Topliss-reactive ketones (excluding diaryl/α,β-unsaturated/α-hetero) is 1. The van der Waals surface area contributed by atoms with E-state index in [0.29, 0.717) is 29.3 Å². The SMILES string of the molecule is C=C(C)C(=O)COc1c2c(cc3ccc(=O)oc13)CCO2. The minimum Gasteiger partial charge on any atom is -0.489 e. The molecule has 5 heteroatoms. The Hall–Kier alpha value is -2.56. The predicted molar refractivity (Wildman–Crippen MR) is 77.0 cm³/mol. The van der Waals surface area contributed by atoms with E-state index in [1.54, 1.807) is 13.0 Å². The van der Waals surface area contributed by atoms with Crippen molar-refractivity contribution in [3.63, 3.8) is 0 Å². The smallest absolute Gasteiger partial charge is 0.336 e. The number of rotatable bonds is 4. The number of fused-ring (bicyclic) bond motifs is 2. The summed E-state index contributed by atoms with van der Waals surface area (Å²) in [5.74, 6) is 0.649. The molecule has 3 rings (SSSR count). The lowest BCUT2D eigenvalue weighted by Crippen LogP contribution is -2.12. The molecule has 0 saturated heterocycles. The van der Waals surface area contributed by atoms with Crippen molar-refractivity contribution in [1.29, 1.82) is 0 Å². The Morgan fingerprint density at radius 1 is 1.43 bits per heavy atom. The molecule has 21 heavy (non-hydrogen) atoms. The molecule has 0 aliphatic carbocycles. The molecule has 5 nitrogen and oxygen atoms in total. The summed E-state index contributed by atoms with van der Waals surface area (Å²) in [7, 11) is 0. The Morgan fingerprint density at radius 2 is 2.24 bits per heavy atom. The van der Waals surface area contributed by atoms with Gasteiger partial charge in [-0.05, 0) is 24.6 Å². The molecule has 2 heterocycles. The Labute approximate surface area is 120 Å². The van der Waals surface area contributed by atoms with Gasteiger partial charge >= 0.3 is 5.63 Å². The van der Waals surface area contributed by atoms with Crippen LogP contribution in [0.4, 0.5) is 0 Å². The molecule has 1 aliphatic rings. The third-order valence-corrected chi connectivity index (χ3v) is 3.34. The van der Waals surface area contributed by atoms with Crippen molar-refractivity contribution in [2.45, 2.75) is 13.3 Å².